The Labute approximate surface area is 87.7 Å². The van der Waals surface area contributed by atoms with Crippen molar-refractivity contribution in [2.45, 2.75) is 13.1 Å². The zero-order valence-corrected chi connectivity index (χ0v) is 8.45. The first-order valence-electron chi connectivity index (χ1n) is 4.71. The molecule has 0 bridgehead atoms. The number of benzene rings is 1. The second kappa shape index (κ2) is 3.88. The molecule has 0 radical (unpaired) electrons. The standard InChI is InChI=1S/C10H13N3O2/c1-13-6-8-4-7(5-11-15)2-3-9(8)12-10(13)14/h2-4,11,15H,5-6H2,1H3,(H,12,14). The summed E-state index contributed by atoms with van der Waals surface area (Å²) in [5, 5.41) is 11.4. The lowest BCUT2D eigenvalue weighted by Crippen LogP contribution is -2.35. The van der Waals surface area contributed by atoms with E-state index in [9.17, 15) is 4.79 Å². The fourth-order valence-corrected chi connectivity index (χ4v) is 1.64. The number of amides is 2. The fourth-order valence-electron chi connectivity index (χ4n) is 1.64. The minimum Gasteiger partial charge on any atom is -0.323 e. The Kier molecular flexibility index (Phi) is 2.57. The van der Waals surface area contributed by atoms with Gasteiger partial charge in [-0.1, -0.05) is 12.1 Å². The first-order chi connectivity index (χ1) is 7.20. The quantitative estimate of drug-likeness (QED) is 0.637. The molecular weight excluding hydrogens is 194 g/mol. The SMILES string of the molecule is CN1Cc2cc(CNO)ccc2NC1=O. The normalized spacial score (nSPS) is 14.8. The van der Waals surface area contributed by atoms with Crippen molar-refractivity contribution in [1.29, 1.82) is 0 Å². The highest BCUT2D eigenvalue weighted by Crippen LogP contribution is 2.23. The third-order valence-corrected chi connectivity index (χ3v) is 2.45. The van der Waals surface area contributed by atoms with E-state index < -0.39 is 0 Å². The minimum atomic E-state index is -0.0875. The summed E-state index contributed by atoms with van der Waals surface area (Å²) in [6.45, 7) is 1.01. The highest BCUT2D eigenvalue weighted by molar-refractivity contribution is 5.92. The Morgan fingerprint density at radius 1 is 1.60 bits per heavy atom. The molecule has 0 spiro atoms. The number of carbonyl (C=O) groups is 1. The molecule has 80 valence electrons. The van der Waals surface area contributed by atoms with Crippen LogP contribution < -0.4 is 10.8 Å². The minimum absolute atomic E-state index is 0.0875. The maximum atomic E-state index is 11.3. The molecule has 2 rings (SSSR count). The number of hydrogen-bond donors (Lipinski definition) is 3. The first kappa shape index (κ1) is 9.95. The smallest absolute Gasteiger partial charge is 0.321 e. The molecule has 0 atom stereocenters. The van der Waals surface area contributed by atoms with E-state index in [2.05, 4.69) is 10.8 Å². The van der Waals surface area contributed by atoms with Crippen LogP contribution in [0.2, 0.25) is 0 Å². The molecule has 1 aliphatic heterocycles. The second-order valence-corrected chi connectivity index (χ2v) is 3.61. The Hall–Kier alpha value is -1.59. The summed E-state index contributed by atoms with van der Waals surface area (Å²) in [6.07, 6.45) is 0. The molecule has 0 fully saturated rings. The van der Waals surface area contributed by atoms with Crippen LogP contribution in [0.3, 0.4) is 0 Å². The van der Waals surface area contributed by atoms with Crippen LogP contribution in [0.25, 0.3) is 0 Å². The average Bonchev–Trinajstić information content (AvgIpc) is 2.21. The second-order valence-electron chi connectivity index (χ2n) is 3.61. The van der Waals surface area contributed by atoms with Crippen molar-refractivity contribution in [1.82, 2.24) is 10.4 Å². The van der Waals surface area contributed by atoms with E-state index in [0.717, 1.165) is 16.8 Å². The van der Waals surface area contributed by atoms with Crippen LogP contribution in [0.5, 0.6) is 0 Å². The van der Waals surface area contributed by atoms with E-state index >= 15 is 0 Å². The Morgan fingerprint density at radius 2 is 2.40 bits per heavy atom. The van der Waals surface area contributed by atoms with Crippen molar-refractivity contribution in [3.63, 3.8) is 0 Å². The Balaban J connectivity index is 2.29. The number of carbonyl (C=O) groups excluding carboxylic acids is 1. The van der Waals surface area contributed by atoms with Crippen molar-refractivity contribution in [2.75, 3.05) is 12.4 Å². The number of rotatable bonds is 2. The van der Waals surface area contributed by atoms with Gasteiger partial charge in [0, 0.05) is 25.8 Å². The van der Waals surface area contributed by atoms with Crippen molar-refractivity contribution < 1.29 is 10.0 Å². The third kappa shape index (κ3) is 1.93. The van der Waals surface area contributed by atoms with Crippen LogP contribution in [0, 0.1) is 0 Å². The predicted octanol–water partition coefficient (Wildman–Crippen LogP) is 1.14. The lowest BCUT2D eigenvalue weighted by Gasteiger charge is -2.26. The van der Waals surface area contributed by atoms with E-state index in [-0.39, 0.29) is 6.03 Å². The van der Waals surface area contributed by atoms with E-state index in [0.29, 0.717) is 13.1 Å². The molecule has 15 heavy (non-hydrogen) atoms. The number of anilines is 1. The molecule has 0 unspecified atom stereocenters. The van der Waals surface area contributed by atoms with Gasteiger partial charge in [0.15, 0.2) is 0 Å². The molecule has 0 aromatic heterocycles. The van der Waals surface area contributed by atoms with Gasteiger partial charge in [0.2, 0.25) is 0 Å². The number of nitrogens with one attached hydrogen (secondary N) is 2. The zero-order valence-electron chi connectivity index (χ0n) is 8.45. The van der Waals surface area contributed by atoms with Gasteiger partial charge in [0.05, 0.1) is 0 Å². The van der Waals surface area contributed by atoms with E-state index in [1.54, 1.807) is 11.9 Å². The van der Waals surface area contributed by atoms with Crippen LogP contribution in [-0.4, -0.2) is 23.2 Å². The molecule has 1 heterocycles. The fraction of sp³-hybridized carbons (Fsp3) is 0.300. The van der Waals surface area contributed by atoms with Crippen LogP contribution in [0.4, 0.5) is 10.5 Å². The van der Waals surface area contributed by atoms with Crippen LogP contribution in [-0.2, 0) is 13.1 Å². The highest BCUT2D eigenvalue weighted by Gasteiger charge is 2.18. The van der Waals surface area contributed by atoms with Gasteiger partial charge < -0.3 is 15.4 Å². The maximum Gasteiger partial charge on any atom is 0.321 e. The molecule has 1 aliphatic rings. The average molecular weight is 207 g/mol. The summed E-state index contributed by atoms with van der Waals surface area (Å²) in [4.78, 5) is 12.9. The summed E-state index contributed by atoms with van der Waals surface area (Å²) >= 11 is 0. The number of fused-ring (bicyclic) bond motifs is 1. The lowest BCUT2D eigenvalue weighted by molar-refractivity contribution is 0.161. The van der Waals surface area contributed by atoms with Gasteiger partial charge in [-0.05, 0) is 17.2 Å². The zero-order chi connectivity index (χ0) is 10.8. The number of hydroxylamine groups is 1. The van der Waals surface area contributed by atoms with Crippen LogP contribution in [0.1, 0.15) is 11.1 Å². The van der Waals surface area contributed by atoms with Crippen molar-refractivity contribution in [3.05, 3.63) is 29.3 Å². The molecule has 5 heteroatoms. The maximum absolute atomic E-state index is 11.3. The largest absolute Gasteiger partial charge is 0.323 e. The van der Waals surface area contributed by atoms with E-state index in [1.165, 1.54) is 0 Å². The summed E-state index contributed by atoms with van der Waals surface area (Å²) < 4.78 is 0. The topological polar surface area (TPSA) is 64.6 Å². The number of urea groups is 1. The van der Waals surface area contributed by atoms with E-state index in [4.69, 9.17) is 5.21 Å². The Bertz CT molecular complexity index is 392. The van der Waals surface area contributed by atoms with Gasteiger partial charge >= 0.3 is 6.03 Å². The lowest BCUT2D eigenvalue weighted by atomic mass is 10.1. The predicted molar refractivity (Wildman–Crippen MR) is 55.6 cm³/mol. The summed E-state index contributed by atoms with van der Waals surface area (Å²) in [5.74, 6) is 0. The number of hydrogen-bond acceptors (Lipinski definition) is 3. The highest BCUT2D eigenvalue weighted by atomic mass is 16.5. The molecule has 0 saturated carbocycles. The van der Waals surface area contributed by atoms with Gasteiger partial charge in [-0.2, -0.15) is 0 Å². The molecule has 0 saturated heterocycles. The molecule has 1 aromatic carbocycles. The van der Waals surface area contributed by atoms with Crippen molar-refractivity contribution in [3.8, 4) is 0 Å². The van der Waals surface area contributed by atoms with Crippen LogP contribution >= 0.6 is 0 Å². The molecule has 0 aliphatic carbocycles. The first-order valence-corrected chi connectivity index (χ1v) is 4.71. The molecule has 2 amide bonds. The monoisotopic (exact) mass is 207 g/mol. The van der Waals surface area contributed by atoms with Crippen LogP contribution in [0.15, 0.2) is 18.2 Å². The third-order valence-electron chi connectivity index (χ3n) is 2.45. The van der Waals surface area contributed by atoms with Gasteiger partial charge in [0.1, 0.15) is 0 Å². The molecule has 3 N–H and O–H groups in total. The molecule has 1 aromatic rings. The van der Waals surface area contributed by atoms with Gasteiger partial charge in [-0.25, -0.2) is 10.3 Å². The van der Waals surface area contributed by atoms with Gasteiger partial charge in [-0.15, -0.1) is 0 Å². The van der Waals surface area contributed by atoms with E-state index in [1.807, 2.05) is 18.2 Å². The van der Waals surface area contributed by atoms with Gasteiger partial charge in [-0.3, -0.25) is 0 Å². The molecule has 5 nitrogen and oxygen atoms in total. The summed E-state index contributed by atoms with van der Waals surface area (Å²) in [7, 11) is 1.75. The number of nitrogens with zero attached hydrogens (tertiary/aromatic N) is 1. The molecular formula is C10H13N3O2. The van der Waals surface area contributed by atoms with Gasteiger partial charge in [0.25, 0.3) is 0 Å². The summed E-state index contributed by atoms with van der Waals surface area (Å²) in [6, 6.07) is 5.60. The van der Waals surface area contributed by atoms with Crippen molar-refractivity contribution >= 4 is 11.7 Å². The van der Waals surface area contributed by atoms with Crippen molar-refractivity contribution in [2.24, 2.45) is 0 Å². The Morgan fingerprint density at radius 3 is 3.13 bits per heavy atom. The summed E-state index contributed by atoms with van der Waals surface area (Å²) in [5.41, 5.74) is 5.00.